The minimum absolute atomic E-state index is 1.05. The average Bonchev–Trinajstić information content (AvgIpc) is 2.70. The fourth-order valence-corrected chi connectivity index (χ4v) is 3.41. The third-order valence-corrected chi connectivity index (χ3v) is 4.67. The minimum atomic E-state index is 1.05. The third-order valence-electron chi connectivity index (χ3n) is 3.67. The first-order chi connectivity index (χ1) is 9.24. The Morgan fingerprint density at radius 3 is 2.16 bits per heavy atom. The van der Waals surface area contributed by atoms with E-state index in [1.54, 1.807) is 0 Å². The van der Waals surface area contributed by atoms with E-state index in [2.05, 4.69) is 32.2 Å². The molecule has 2 heteroatoms. The van der Waals surface area contributed by atoms with Crippen molar-refractivity contribution in [3.8, 4) is 0 Å². The van der Waals surface area contributed by atoms with Gasteiger partial charge in [0.05, 0.1) is 0 Å². The highest BCUT2D eigenvalue weighted by molar-refractivity contribution is 7.12. The molecule has 0 spiro atoms. The standard InChI is InChI=1S/C17H31NS/c1-4-5-6-7-8-9-10-11-12-18-14-17-13-15(2)19-16(17)3/h13,18H,4-12,14H2,1-3H3. The van der Waals surface area contributed by atoms with E-state index in [0.717, 1.165) is 6.54 Å². The van der Waals surface area contributed by atoms with E-state index in [9.17, 15) is 0 Å². The van der Waals surface area contributed by atoms with Gasteiger partial charge in [0, 0.05) is 16.3 Å². The second-order valence-corrected chi connectivity index (χ2v) is 7.05. The molecule has 0 atom stereocenters. The maximum absolute atomic E-state index is 3.57. The third kappa shape index (κ3) is 7.74. The van der Waals surface area contributed by atoms with Crippen LogP contribution in [-0.2, 0) is 6.54 Å². The molecular formula is C17H31NS. The molecule has 1 rings (SSSR count). The summed E-state index contributed by atoms with van der Waals surface area (Å²) in [6, 6.07) is 2.32. The van der Waals surface area contributed by atoms with Gasteiger partial charge in [0.1, 0.15) is 0 Å². The van der Waals surface area contributed by atoms with Crippen molar-refractivity contribution in [1.29, 1.82) is 0 Å². The highest BCUT2D eigenvalue weighted by Gasteiger charge is 2.01. The van der Waals surface area contributed by atoms with Crippen LogP contribution in [0.15, 0.2) is 6.07 Å². The molecule has 0 aromatic carbocycles. The summed E-state index contributed by atoms with van der Waals surface area (Å²) in [7, 11) is 0. The predicted molar refractivity (Wildman–Crippen MR) is 88.1 cm³/mol. The molecule has 1 N–H and O–H groups in total. The lowest BCUT2D eigenvalue weighted by molar-refractivity contribution is 0.555. The topological polar surface area (TPSA) is 12.0 Å². The van der Waals surface area contributed by atoms with E-state index < -0.39 is 0 Å². The van der Waals surface area contributed by atoms with Gasteiger partial charge >= 0.3 is 0 Å². The molecule has 0 aliphatic rings. The van der Waals surface area contributed by atoms with Gasteiger partial charge in [-0.05, 0) is 38.4 Å². The number of unbranched alkanes of at least 4 members (excludes halogenated alkanes) is 7. The number of nitrogens with one attached hydrogen (secondary N) is 1. The van der Waals surface area contributed by atoms with Crippen LogP contribution in [0.25, 0.3) is 0 Å². The van der Waals surface area contributed by atoms with Crippen LogP contribution in [0.3, 0.4) is 0 Å². The quantitative estimate of drug-likeness (QED) is 0.521. The average molecular weight is 282 g/mol. The van der Waals surface area contributed by atoms with Crippen LogP contribution in [0.2, 0.25) is 0 Å². The first kappa shape index (κ1) is 16.7. The van der Waals surface area contributed by atoms with Crippen molar-refractivity contribution in [2.24, 2.45) is 0 Å². The summed E-state index contributed by atoms with van der Waals surface area (Å²) >= 11 is 1.91. The lowest BCUT2D eigenvalue weighted by atomic mass is 10.1. The van der Waals surface area contributed by atoms with E-state index in [1.807, 2.05) is 11.3 Å². The smallest absolute Gasteiger partial charge is 0.0216 e. The van der Waals surface area contributed by atoms with E-state index >= 15 is 0 Å². The van der Waals surface area contributed by atoms with E-state index in [0.29, 0.717) is 0 Å². The SMILES string of the molecule is CCCCCCCCCCNCc1cc(C)sc1C. The lowest BCUT2D eigenvalue weighted by Gasteiger charge is -2.04. The predicted octanol–water partition coefficient (Wildman–Crippen LogP) is 5.60. The van der Waals surface area contributed by atoms with Gasteiger partial charge in [-0.25, -0.2) is 0 Å². The van der Waals surface area contributed by atoms with Crippen molar-refractivity contribution in [2.75, 3.05) is 6.54 Å². The normalized spacial score (nSPS) is 11.1. The summed E-state index contributed by atoms with van der Waals surface area (Å²) in [5, 5.41) is 3.57. The zero-order valence-electron chi connectivity index (χ0n) is 13.1. The minimum Gasteiger partial charge on any atom is -0.313 e. The van der Waals surface area contributed by atoms with Crippen molar-refractivity contribution in [3.63, 3.8) is 0 Å². The number of hydrogen-bond donors (Lipinski definition) is 1. The van der Waals surface area contributed by atoms with Crippen LogP contribution >= 0.6 is 11.3 Å². The van der Waals surface area contributed by atoms with Crippen LogP contribution in [0, 0.1) is 13.8 Å². The summed E-state index contributed by atoms with van der Waals surface area (Å²) in [5.74, 6) is 0. The van der Waals surface area contributed by atoms with Gasteiger partial charge in [0.25, 0.3) is 0 Å². The molecule has 0 saturated carbocycles. The molecule has 0 unspecified atom stereocenters. The molecule has 1 nitrogen and oxygen atoms in total. The Labute approximate surface area is 123 Å². The molecule has 0 saturated heterocycles. The first-order valence-electron chi connectivity index (χ1n) is 8.00. The zero-order chi connectivity index (χ0) is 13.9. The van der Waals surface area contributed by atoms with E-state index in [1.165, 1.54) is 73.2 Å². The summed E-state index contributed by atoms with van der Waals surface area (Å²) in [4.78, 5) is 2.90. The van der Waals surface area contributed by atoms with Crippen LogP contribution < -0.4 is 5.32 Å². The Hall–Kier alpha value is -0.340. The fraction of sp³-hybridized carbons (Fsp3) is 0.765. The van der Waals surface area contributed by atoms with E-state index in [-0.39, 0.29) is 0 Å². The molecule has 0 aliphatic heterocycles. The molecule has 1 aromatic heterocycles. The van der Waals surface area contributed by atoms with Gasteiger partial charge < -0.3 is 5.32 Å². The number of hydrogen-bond acceptors (Lipinski definition) is 2. The highest BCUT2D eigenvalue weighted by Crippen LogP contribution is 2.20. The zero-order valence-corrected chi connectivity index (χ0v) is 13.9. The Kier molecular flexibility index (Phi) is 9.19. The molecule has 1 aromatic rings. The van der Waals surface area contributed by atoms with Gasteiger partial charge in [-0.1, -0.05) is 51.9 Å². The van der Waals surface area contributed by atoms with Crippen molar-refractivity contribution < 1.29 is 0 Å². The maximum Gasteiger partial charge on any atom is 0.0216 e. The van der Waals surface area contributed by atoms with Crippen LogP contribution in [0.1, 0.15) is 73.6 Å². The molecule has 0 bridgehead atoms. The van der Waals surface area contributed by atoms with Gasteiger partial charge in [0.2, 0.25) is 0 Å². The summed E-state index contributed by atoms with van der Waals surface area (Å²) in [6.45, 7) is 8.92. The summed E-state index contributed by atoms with van der Waals surface area (Å²) in [5.41, 5.74) is 1.49. The Bertz CT molecular complexity index is 330. The van der Waals surface area contributed by atoms with E-state index in [4.69, 9.17) is 0 Å². The second-order valence-electron chi connectivity index (χ2n) is 5.59. The summed E-state index contributed by atoms with van der Waals surface area (Å²) < 4.78 is 0. The van der Waals surface area contributed by atoms with Crippen molar-refractivity contribution in [3.05, 3.63) is 21.4 Å². The second kappa shape index (κ2) is 10.4. The van der Waals surface area contributed by atoms with Gasteiger partial charge in [-0.3, -0.25) is 0 Å². The van der Waals surface area contributed by atoms with Gasteiger partial charge in [-0.15, -0.1) is 11.3 Å². The Morgan fingerprint density at radius 1 is 0.947 bits per heavy atom. The monoisotopic (exact) mass is 281 g/mol. The molecule has 110 valence electrons. The number of rotatable bonds is 11. The first-order valence-corrected chi connectivity index (χ1v) is 8.82. The summed E-state index contributed by atoms with van der Waals surface area (Å²) in [6.07, 6.45) is 11.2. The largest absolute Gasteiger partial charge is 0.313 e. The molecular weight excluding hydrogens is 250 g/mol. The van der Waals surface area contributed by atoms with Crippen LogP contribution in [0.4, 0.5) is 0 Å². The molecule has 1 heterocycles. The molecule has 0 aliphatic carbocycles. The Morgan fingerprint density at radius 2 is 1.58 bits per heavy atom. The van der Waals surface area contributed by atoms with Gasteiger partial charge in [-0.2, -0.15) is 0 Å². The van der Waals surface area contributed by atoms with Crippen molar-refractivity contribution in [2.45, 2.75) is 78.7 Å². The van der Waals surface area contributed by atoms with Gasteiger partial charge in [0.15, 0.2) is 0 Å². The maximum atomic E-state index is 3.57. The van der Waals surface area contributed by atoms with Crippen molar-refractivity contribution >= 4 is 11.3 Å². The Balaban J connectivity index is 1.90. The molecule has 0 amide bonds. The molecule has 0 radical (unpaired) electrons. The highest BCUT2D eigenvalue weighted by atomic mass is 32.1. The van der Waals surface area contributed by atoms with Crippen molar-refractivity contribution in [1.82, 2.24) is 5.32 Å². The van der Waals surface area contributed by atoms with Crippen LogP contribution in [0.5, 0.6) is 0 Å². The van der Waals surface area contributed by atoms with Crippen LogP contribution in [-0.4, -0.2) is 6.54 Å². The molecule has 19 heavy (non-hydrogen) atoms. The fourth-order valence-electron chi connectivity index (χ4n) is 2.47. The lowest BCUT2D eigenvalue weighted by Crippen LogP contribution is -2.14. The molecule has 0 fully saturated rings. The number of aryl methyl sites for hydroxylation is 2. The number of thiophene rings is 1.